The zero-order valence-electron chi connectivity index (χ0n) is 17.0. The van der Waals surface area contributed by atoms with Gasteiger partial charge in [0.25, 0.3) is 0 Å². The average molecular weight is 524 g/mol. The number of rotatable bonds is 7. The SMILES string of the molecule is CN=C(NCc1nnc2ccccn12)NC(C)c1ccc(OCC2CC2)c(F)c1.I. The first kappa shape index (κ1) is 22.3. The second kappa shape index (κ2) is 10.1. The zero-order chi connectivity index (χ0) is 20.2. The van der Waals surface area contributed by atoms with Crippen LogP contribution in [0.1, 0.15) is 37.2 Å². The molecule has 0 bridgehead atoms. The monoisotopic (exact) mass is 524 g/mol. The Bertz CT molecular complexity index is 1020. The molecule has 1 atom stereocenters. The number of hydrogen-bond acceptors (Lipinski definition) is 4. The fourth-order valence-corrected chi connectivity index (χ4v) is 3.05. The third-order valence-electron chi connectivity index (χ3n) is 5.00. The Balaban J connectivity index is 0.00000256. The first-order valence-electron chi connectivity index (χ1n) is 9.82. The molecule has 30 heavy (non-hydrogen) atoms. The Morgan fingerprint density at radius 3 is 2.87 bits per heavy atom. The van der Waals surface area contributed by atoms with Crippen molar-refractivity contribution < 1.29 is 9.13 Å². The van der Waals surface area contributed by atoms with Crippen molar-refractivity contribution in [1.29, 1.82) is 0 Å². The first-order chi connectivity index (χ1) is 14.1. The van der Waals surface area contributed by atoms with Crippen LogP contribution in [0.2, 0.25) is 0 Å². The molecule has 3 aromatic rings. The third kappa shape index (κ3) is 5.38. The molecule has 4 rings (SSSR count). The molecule has 1 unspecified atom stereocenters. The highest BCUT2D eigenvalue weighted by molar-refractivity contribution is 14.0. The highest BCUT2D eigenvalue weighted by Crippen LogP contribution is 2.30. The van der Waals surface area contributed by atoms with Gasteiger partial charge in [0, 0.05) is 13.2 Å². The molecule has 2 N–H and O–H groups in total. The van der Waals surface area contributed by atoms with Crippen LogP contribution < -0.4 is 15.4 Å². The molecule has 0 radical (unpaired) electrons. The Hall–Kier alpha value is -2.43. The van der Waals surface area contributed by atoms with Crippen LogP contribution in [0.25, 0.3) is 5.65 Å². The summed E-state index contributed by atoms with van der Waals surface area (Å²) in [6.45, 7) is 3.01. The van der Waals surface area contributed by atoms with Crippen molar-refractivity contribution in [3.8, 4) is 5.75 Å². The Morgan fingerprint density at radius 1 is 1.30 bits per heavy atom. The molecule has 2 aromatic heterocycles. The van der Waals surface area contributed by atoms with E-state index in [0.29, 0.717) is 30.8 Å². The molecule has 0 saturated heterocycles. The first-order valence-corrected chi connectivity index (χ1v) is 9.82. The number of nitrogens with one attached hydrogen (secondary N) is 2. The van der Waals surface area contributed by atoms with Crippen LogP contribution in [0.5, 0.6) is 5.75 Å². The van der Waals surface area contributed by atoms with E-state index in [4.69, 9.17) is 4.74 Å². The molecule has 1 aliphatic rings. The van der Waals surface area contributed by atoms with Gasteiger partial charge in [-0.1, -0.05) is 12.1 Å². The molecule has 1 saturated carbocycles. The Kier molecular flexibility index (Phi) is 7.46. The summed E-state index contributed by atoms with van der Waals surface area (Å²) < 4.78 is 21.8. The third-order valence-corrected chi connectivity index (χ3v) is 5.00. The molecule has 0 amide bonds. The Morgan fingerprint density at radius 2 is 2.13 bits per heavy atom. The number of nitrogens with zero attached hydrogens (tertiary/aromatic N) is 4. The molecular formula is C21H26FIN6O. The van der Waals surface area contributed by atoms with Gasteiger partial charge in [-0.25, -0.2) is 4.39 Å². The number of ether oxygens (including phenoxy) is 1. The number of hydrogen-bond donors (Lipinski definition) is 2. The highest BCUT2D eigenvalue weighted by Gasteiger charge is 2.22. The van der Waals surface area contributed by atoms with E-state index >= 15 is 0 Å². The minimum atomic E-state index is -0.338. The van der Waals surface area contributed by atoms with Gasteiger partial charge in [-0.15, -0.1) is 34.2 Å². The normalized spacial score (nSPS) is 14.8. The topological polar surface area (TPSA) is 75.8 Å². The van der Waals surface area contributed by atoms with E-state index in [1.165, 1.54) is 18.9 Å². The highest BCUT2D eigenvalue weighted by atomic mass is 127. The predicted octanol–water partition coefficient (Wildman–Crippen LogP) is 3.70. The quantitative estimate of drug-likeness (QED) is 0.280. The number of pyridine rings is 1. The number of benzene rings is 1. The smallest absolute Gasteiger partial charge is 0.191 e. The van der Waals surface area contributed by atoms with Crippen LogP contribution in [0.4, 0.5) is 4.39 Å². The van der Waals surface area contributed by atoms with E-state index in [1.807, 2.05) is 41.8 Å². The van der Waals surface area contributed by atoms with Crippen molar-refractivity contribution >= 4 is 35.6 Å². The maximum Gasteiger partial charge on any atom is 0.191 e. The zero-order valence-corrected chi connectivity index (χ0v) is 19.3. The van der Waals surface area contributed by atoms with E-state index in [0.717, 1.165) is 17.0 Å². The van der Waals surface area contributed by atoms with Crippen LogP contribution in [-0.2, 0) is 6.54 Å². The van der Waals surface area contributed by atoms with Crippen molar-refractivity contribution in [2.75, 3.05) is 13.7 Å². The molecule has 7 nitrogen and oxygen atoms in total. The minimum absolute atomic E-state index is 0. The van der Waals surface area contributed by atoms with Crippen LogP contribution >= 0.6 is 24.0 Å². The largest absolute Gasteiger partial charge is 0.490 e. The summed E-state index contributed by atoms with van der Waals surface area (Å²) in [6, 6.07) is 10.7. The van der Waals surface area contributed by atoms with Crippen molar-refractivity contribution in [2.45, 2.75) is 32.4 Å². The predicted molar refractivity (Wildman–Crippen MR) is 125 cm³/mol. The van der Waals surface area contributed by atoms with Crippen LogP contribution in [0.3, 0.4) is 0 Å². The van der Waals surface area contributed by atoms with Gasteiger partial charge in [-0.05, 0) is 55.5 Å². The fraction of sp³-hybridized carbons (Fsp3) is 0.381. The maximum atomic E-state index is 14.4. The van der Waals surface area contributed by atoms with Gasteiger partial charge in [0.15, 0.2) is 29.0 Å². The van der Waals surface area contributed by atoms with Gasteiger partial charge in [-0.3, -0.25) is 9.39 Å². The number of fused-ring (bicyclic) bond motifs is 1. The molecule has 2 heterocycles. The molecule has 1 fully saturated rings. The van der Waals surface area contributed by atoms with Crippen LogP contribution in [0.15, 0.2) is 47.6 Å². The van der Waals surface area contributed by atoms with E-state index in [-0.39, 0.29) is 35.8 Å². The van der Waals surface area contributed by atoms with Crippen molar-refractivity contribution in [2.24, 2.45) is 10.9 Å². The lowest BCUT2D eigenvalue weighted by atomic mass is 10.1. The standard InChI is InChI=1S/C21H25FN6O.HI/c1-14(16-8-9-18(17(22)11-16)29-13-15-6-7-15)25-21(23-2)24-12-20-27-26-19-5-3-4-10-28(19)20;/h3-5,8-11,14-15H,6-7,12-13H2,1-2H3,(H2,23,24,25);1H. The number of aromatic nitrogens is 3. The van der Waals surface area contributed by atoms with Crippen LogP contribution in [-0.4, -0.2) is 34.2 Å². The molecular weight excluding hydrogens is 498 g/mol. The molecule has 1 aliphatic carbocycles. The van der Waals surface area contributed by atoms with Gasteiger partial charge < -0.3 is 15.4 Å². The second-order valence-corrected chi connectivity index (χ2v) is 7.28. The molecule has 0 aliphatic heterocycles. The van der Waals surface area contributed by atoms with E-state index in [9.17, 15) is 4.39 Å². The summed E-state index contributed by atoms with van der Waals surface area (Å²) in [7, 11) is 1.69. The lowest BCUT2D eigenvalue weighted by Gasteiger charge is -2.18. The number of halogens is 2. The van der Waals surface area contributed by atoms with Gasteiger partial charge in [0.05, 0.1) is 19.2 Å². The van der Waals surface area contributed by atoms with E-state index in [2.05, 4.69) is 25.8 Å². The summed E-state index contributed by atoms with van der Waals surface area (Å²) in [6.07, 6.45) is 4.27. The van der Waals surface area contributed by atoms with Gasteiger partial charge in [-0.2, -0.15) is 0 Å². The minimum Gasteiger partial charge on any atom is -0.490 e. The number of guanidine groups is 1. The van der Waals surface area contributed by atoms with E-state index in [1.54, 1.807) is 13.1 Å². The molecule has 1 aromatic carbocycles. The Labute approximate surface area is 192 Å². The lowest BCUT2D eigenvalue weighted by Crippen LogP contribution is -2.38. The van der Waals surface area contributed by atoms with Crippen LogP contribution in [0, 0.1) is 11.7 Å². The summed E-state index contributed by atoms with van der Waals surface area (Å²) in [5.41, 5.74) is 1.61. The molecule has 160 valence electrons. The summed E-state index contributed by atoms with van der Waals surface area (Å²) in [5, 5.41) is 14.8. The van der Waals surface area contributed by atoms with E-state index < -0.39 is 0 Å². The fourth-order valence-electron chi connectivity index (χ4n) is 3.05. The lowest BCUT2D eigenvalue weighted by molar-refractivity contribution is 0.285. The second-order valence-electron chi connectivity index (χ2n) is 7.28. The molecule has 0 spiro atoms. The maximum absolute atomic E-state index is 14.4. The summed E-state index contributed by atoms with van der Waals surface area (Å²) >= 11 is 0. The van der Waals surface area contributed by atoms with Crippen molar-refractivity contribution in [1.82, 2.24) is 25.2 Å². The van der Waals surface area contributed by atoms with Gasteiger partial charge in [0.2, 0.25) is 0 Å². The molecule has 9 heteroatoms. The van der Waals surface area contributed by atoms with Gasteiger partial charge in [0.1, 0.15) is 0 Å². The summed E-state index contributed by atoms with van der Waals surface area (Å²) in [4.78, 5) is 4.25. The average Bonchev–Trinajstić information content (AvgIpc) is 3.48. The van der Waals surface area contributed by atoms with Crippen molar-refractivity contribution in [3.63, 3.8) is 0 Å². The van der Waals surface area contributed by atoms with Crippen molar-refractivity contribution in [3.05, 3.63) is 59.8 Å². The summed E-state index contributed by atoms with van der Waals surface area (Å²) in [5.74, 6) is 1.94. The van der Waals surface area contributed by atoms with Gasteiger partial charge >= 0.3 is 0 Å². The number of aliphatic imine (C=N–C) groups is 1.